The van der Waals surface area contributed by atoms with Crippen molar-refractivity contribution in [3.8, 4) is 0 Å². The maximum Gasteiger partial charge on any atom is 0.239 e. The summed E-state index contributed by atoms with van der Waals surface area (Å²) in [5.74, 6) is 0.184. The van der Waals surface area contributed by atoms with Crippen LogP contribution in [0.25, 0.3) is 0 Å². The maximum atomic E-state index is 11.7. The molecular formula is C14H28N4O2. The first-order valence-electron chi connectivity index (χ1n) is 7.44. The molecule has 0 heterocycles. The Labute approximate surface area is 121 Å². The number of nitrogens with one attached hydrogen (secondary N) is 2. The molecule has 0 radical (unpaired) electrons. The van der Waals surface area contributed by atoms with E-state index in [1.54, 1.807) is 0 Å². The molecule has 0 aromatic heterocycles. The minimum absolute atomic E-state index is 0.000842. The van der Waals surface area contributed by atoms with Crippen molar-refractivity contribution in [1.29, 1.82) is 0 Å². The highest BCUT2D eigenvalue weighted by molar-refractivity contribution is 5.85. The third-order valence-electron chi connectivity index (χ3n) is 4.00. The summed E-state index contributed by atoms with van der Waals surface area (Å²) in [4.78, 5) is 24.9. The summed E-state index contributed by atoms with van der Waals surface area (Å²) in [6.45, 7) is 0.547. The zero-order valence-corrected chi connectivity index (χ0v) is 12.7. The van der Waals surface area contributed by atoms with Gasteiger partial charge in [0.2, 0.25) is 11.8 Å². The fourth-order valence-corrected chi connectivity index (χ4v) is 2.82. The zero-order chi connectivity index (χ0) is 15.0. The smallest absolute Gasteiger partial charge is 0.239 e. The maximum absolute atomic E-state index is 11.7. The molecule has 1 atom stereocenters. The van der Waals surface area contributed by atoms with Crippen molar-refractivity contribution in [3.05, 3.63) is 0 Å². The van der Waals surface area contributed by atoms with Crippen LogP contribution in [0.2, 0.25) is 0 Å². The first-order chi connectivity index (χ1) is 9.54. The van der Waals surface area contributed by atoms with Crippen LogP contribution in [0.1, 0.15) is 32.1 Å². The first kappa shape index (κ1) is 16.9. The molecule has 116 valence electrons. The Morgan fingerprint density at radius 1 is 1.15 bits per heavy atom. The largest absolute Gasteiger partial charge is 0.353 e. The molecule has 6 nitrogen and oxygen atoms in total. The van der Waals surface area contributed by atoms with E-state index in [-0.39, 0.29) is 24.9 Å². The van der Waals surface area contributed by atoms with Crippen LogP contribution in [0.3, 0.4) is 0 Å². The Morgan fingerprint density at radius 2 is 1.80 bits per heavy atom. The van der Waals surface area contributed by atoms with E-state index in [9.17, 15) is 9.59 Å². The van der Waals surface area contributed by atoms with Gasteiger partial charge >= 0.3 is 0 Å². The van der Waals surface area contributed by atoms with Crippen LogP contribution in [-0.4, -0.2) is 56.5 Å². The molecule has 0 aliphatic heterocycles. The summed E-state index contributed by atoms with van der Waals surface area (Å²) in [5.41, 5.74) is 5.17. The zero-order valence-electron chi connectivity index (χ0n) is 12.7. The third-order valence-corrected chi connectivity index (χ3v) is 4.00. The van der Waals surface area contributed by atoms with Gasteiger partial charge in [-0.25, -0.2) is 0 Å². The average molecular weight is 284 g/mol. The first-order valence-corrected chi connectivity index (χ1v) is 7.44. The lowest BCUT2D eigenvalue weighted by Gasteiger charge is -2.35. The van der Waals surface area contributed by atoms with Crippen molar-refractivity contribution < 1.29 is 9.59 Å². The Bertz CT molecular complexity index is 314. The molecule has 20 heavy (non-hydrogen) atoms. The second-order valence-corrected chi connectivity index (χ2v) is 5.71. The number of likely N-dealkylation sites (N-methyl/N-ethyl adjacent to an activating group) is 1. The fraction of sp³-hybridized carbons (Fsp3) is 0.857. The molecule has 1 aliphatic rings. The molecule has 4 N–H and O–H groups in total. The molecule has 0 aromatic rings. The summed E-state index contributed by atoms with van der Waals surface area (Å²) in [6, 6.07) is 0.365. The van der Waals surface area contributed by atoms with E-state index in [4.69, 9.17) is 5.73 Å². The highest BCUT2D eigenvalue weighted by Crippen LogP contribution is 2.27. The van der Waals surface area contributed by atoms with E-state index in [1.807, 2.05) is 0 Å². The summed E-state index contributed by atoms with van der Waals surface area (Å²) in [6.07, 6.45) is 6.38. The highest BCUT2D eigenvalue weighted by atomic mass is 16.2. The van der Waals surface area contributed by atoms with Crippen molar-refractivity contribution in [1.82, 2.24) is 15.5 Å². The van der Waals surface area contributed by atoms with Gasteiger partial charge in [0.25, 0.3) is 0 Å². The van der Waals surface area contributed by atoms with Crippen LogP contribution in [0.15, 0.2) is 0 Å². The molecule has 6 heteroatoms. The topological polar surface area (TPSA) is 87.5 Å². The molecule has 1 rings (SSSR count). The number of rotatable bonds is 7. The van der Waals surface area contributed by atoms with Crippen molar-refractivity contribution in [3.63, 3.8) is 0 Å². The Morgan fingerprint density at radius 3 is 2.35 bits per heavy atom. The minimum Gasteiger partial charge on any atom is -0.353 e. The van der Waals surface area contributed by atoms with Gasteiger partial charge < -0.3 is 21.3 Å². The van der Waals surface area contributed by atoms with E-state index >= 15 is 0 Å². The van der Waals surface area contributed by atoms with Gasteiger partial charge in [0, 0.05) is 12.6 Å². The van der Waals surface area contributed by atoms with Gasteiger partial charge in [-0.1, -0.05) is 19.3 Å². The van der Waals surface area contributed by atoms with Crippen LogP contribution in [0.5, 0.6) is 0 Å². The Balaban J connectivity index is 2.34. The van der Waals surface area contributed by atoms with Crippen molar-refractivity contribution in [2.75, 3.05) is 33.7 Å². The predicted octanol–water partition coefficient (Wildman–Crippen LogP) is -0.312. The average Bonchev–Trinajstić information content (AvgIpc) is 2.45. The van der Waals surface area contributed by atoms with Gasteiger partial charge in [-0.05, 0) is 32.9 Å². The summed E-state index contributed by atoms with van der Waals surface area (Å²) in [7, 11) is 4.11. The van der Waals surface area contributed by atoms with Gasteiger partial charge in [-0.2, -0.15) is 0 Å². The number of carbonyl (C=O) groups excluding carboxylic acids is 2. The Kier molecular flexibility index (Phi) is 7.54. The van der Waals surface area contributed by atoms with Gasteiger partial charge in [-0.15, -0.1) is 0 Å². The number of hydrogen-bond acceptors (Lipinski definition) is 4. The third kappa shape index (κ3) is 5.88. The minimum atomic E-state index is -0.309. The molecule has 0 saturated heterocycles. The molecule has 1 unspecified atom stereocenters. The molecule has 1 aliphatic carbocycles. The number of nitrogens with zero attached hydrogens (tertiary/aromatic N) is 1. The van der Waals surface area contributed by atoms with Gasteiger partial charge in [-0.3, -0.25) is 9.59 Å². The standard InChI is InChI=1S/C14H28N4O2/c1-18(2)12(11-6-4-3-5-7-11)9-16-14(20)10-17-13(19)8-15/h11-12H,3-10,15H2,1-2H3,(H,16,20)(H,17,19). The molecule has 1 fully saturated rings. The van der Waals surface area contributed by atoms with Gasteiger partial charge in [0.1, 0.15) is 0 Å². The number of carbonyl (C=O) groups is 2. The van der Waals surface area contributed by atoms with E-state index in [0.717, 1.165) is 0 Å². The summed E-state index contributed by atoms with van der Waals surface area (Å²) in [5, 5.41) is 5.38. The van der Waals surface area contributed by atoms with Crippen LogP contribution in [0.4, 0.5) is 0 Å². The predicted molar refractivity (Wildman–Crippen MR) is 79.1 cm³/mol. The molecule has 0 spiro atoms. The van der Waals surface area contributed by atoms with Crippen molar-refractivity contribution in [2.45, 2.75) is 38.1 Å². The molecule has 0 aromatic carbocycles. The van der Waals surface area contributed by atoms with Crippen molar-refractivity contribution in [2.24, 2.45) is 11.7 Å². The molecule has 2 amide bonds. The molecular weight excluding hydrogens is 256 g/mol. The lowest BCUT2D eigenvalue weighted by molar-refractivity contribution is -0.125. The van der Waals surface area contributed by atoms with Crippen LogP contribution in [0, 0.1) is 5.92 Å². The number of nitrogens with two attached hydrogens (primary N) is 1. The van der Waals surface area contributed by atoms with E-state index in [0.29, 0.717) is 18.5 Å². The molecule has 1 saturated carbocycles. The van der Waals surface area contributed by atoms with E-state index in [1.165, 1.54) is 32.1 Å². The van der Waals surface area contributed by atoms with Crippen LogP contribution in [-0.2, 0) is 9.59 Å². The second-order valence-electron chi connectivity index (χ2n) is 5.71. The fourth-order valence-electron chi connectivity index (χ4n) is 2.82. The summed E-state index contributed by atoms with van der Waals surface area (Å²) < 4.78 is 0. The number of amides is 2. The number of hydrogen-bond donors (Lipinski definition) is 3. The summed E-state index contributed by atoms with van der Waals surface area (Å²) >= 11 is 0. The van der Waals surface area contributed by atoms with Crippen LogP contribution >= 0.6 is 0 Å². The normalized spacial score (nSPS) is 17.8. The van der Waals surface area contributed by atoms with E-state index < -0.39 is 0 Å². The van der Waals surface area contributed by atoms with E-state index in [2.05, 4.69) is 29.6 Å². The Hall–Kier alpha value is -1.14. The van der Waals surface area contributed by atoms with Crippen LogP contribution < -0.4 is 16.4 Å². The van der Waals surface area contributed by atoms with Crippen molar-refractivity contribution >= 4 is 11.8 Å². The van der Waals surface area contributed by atoms with Gasteiger partial charge in [0.05, 0.1) is 13.1 Å². The SMILES string of the molecule is CN(C)C(CNC(=O)CNC(=O)CN)C1CCCCC1. The second kappa shape index (κ2) is 8.92. The molecule has 0 bridgehead atoms. The van der Waals surface area contributed by atoms with Gasteiger partial charge in [0.15, 0.2) is 0 Å². The lowest BCUT2D eigenvalue weighted by Crippen LogP contribution is -2.47. The quantitative estimate of drug-likeness (QED) is 0.598. The lowest BCUT2D eigenvalue weighted by atomic mass is 9.83. The monoisotopic (exact) mass is 284 g/mol. The highest BCUT2D eigenvalue weighted by Gasteiger charge is 2.25.